The summed E-state index contributed by atoms with van der Waals surface area (Å²) in [7, 11) is -2.17. The number of methoxy groups -OCH3 is 1. The third-order valence-electron chi connectivity index (χ3n) is 3.07. The van der Waals surface area contributed by atoms with E-state index in [9.17, 15) is 8.42 Å². The number of nitrogens with zero attached hydrogens (tertiary/aromatic N) is 1. The van der Waals surface area contributed by atoms with Gasteiger partial charge in [0.2, 0.25) is 0 Å². The van der Waals surface area contributed by atoms with Crippen LogP contribution < -0.4 is 4.74 Å². The summed E-state index contributed by atoms with van der Waals surface area (Å²) in [5.41, 5.74) is 2.06. The smallest absolute Gasteiger partial charge is 0.282 e. The Morgan fingerprint density at radius 1 is 1.05 bits per heavy atom. The molecule has 0 spiro atoms. The first-order valence-electron chi connectivity index (χ1n) is 6.45. The van der Waals surface area contributed by atoms with Crippen LogP contribution in [-0.2, 0) is 10.0 Å². The summed E-state index contributed by atoms with van der Waals surface area (Å²) >= 11 is 0. The first kappa shape index (κ1) is 15.3. The molecule has 0 aliphatic carbocycles. The van der Waals surface area contributed by atoms with Crippen LogP contribution in [-0.4, -0.2) is 21.2 Å². The van der Waals surface area contributed by atoms with Crippen LogP contribution in [0.4, 0.5) is 0 Å². The van der Waals surface area contributed by atoms with Crippen LogP contribution in [0.1, 0.15) is 18.1 Å². The van der Waals surface area contributed by atoms with E-state index in [1.165, 1.54) is 0 Å². The fraction of sp³-hybridized carbons (Fsp3) is 0.188. The Balaban J connectivity index is 2.44. The van der Waals surface area contributed by atoms with Crippen LogP contribution in [0.2, 0.25) is 0 Å². The summed E-state index contributed by atoms with van der Waals surface area (Å²) in [4.78, 5) is 0.183. The minimum Gasteiger partial charge on any atom is -0.496 e. The van der Waals surface area contributed by atoms with Crippen molar-refractivity contribution in [2.24, 2.45) is 4.40 Å². The molecule has 110 valence electrons. The second-order valence-corrected chi connectivity index (χ2v) is 6.27. The molecule has 5 heteroatoms. The predicted molar refractivity (Wildman–Crippen MR) is 83.6 cm³/mol. The fourth-order valence-electron chi connectivity index (χ4n) is 1.94. The summed E-state index contributed by atoms with van der Waals surface area (Å²) in [5, 5.41) is 0. The van der Waals surface area contributed by atoms with Crippen LogP contribution in [0.5, 0.6) is 5.75 Å². The van der Waals surface area contributed by atoms with E-state index < -0.39 is 10.0 Å². The second-order valence-electron chi connectivity index (χ2n) is 4.67. The van der Waals surface area contributed by atoms with E-state index in [2.05, 4.69) is 4.40 Å². The Bertz CT molecular complexity index is 762. The molecule has 0 saturated carbocycles. The largest absolute Gasteiger partial charge is 0.496 e. The number of rotatable bonds is 4. The molecule has 0 saturated heterocycles. The monoisotopic (exact) mass is 303 g/mol. The highest BCUT2D eigenvalue weighted by atomic mass is 32.2. The maximum atomic E-state index is 12.3. The van der Waals surface area contributed by atoms with Gasteiger partial charge >= 0.3 is 0 Å². The zero-order valence-corrected chi connectivity index (χ0v) is 13.0. The van der Waals surface area contributed by atoms with Crippen molar-refractivity contribution in [1.29, 1.82) is 0 Å². The van der Waals surface area contributed by atoms with Crippen LogP contribution in [0.15, 0.2) is 57.8 Å². The molecule has 2 aromatic rings. The number of ether oxygens (including phenoxy) is 1. The molecule has 0 bridgehead atoms. The van der Waals surface area contributed by atoms with E-state index in [4.69, 9.17) is 4.74 Å². The fourth-order valence-corrected chi connectivity index (χ4v) is 2.98. The van der Waals surface area contributed by atoms with Gasteiger partial charge in [0.05, 0.1) is 17.7 Å². The Morgan fingerprint density at radius 2 is 1.67 bits per heavy atom. The zero-order chi connectivity index (χ0) is 15.5. The van der Waals surface area contributed by atoms with E-state index in [-0.39, 0.29) is 4.90 Å². The third-order valence-corrected chi connectivity index (χ3v) is 4.45. The van der Waals surface area contributed by atoms with Crippen molar-refractivity contribution in [3.05, 3.63) is 59.7 Å². The predicted octanol–water partition coefficient (Wildman–Crippen LogP) is 3.20. The quantitative estimate of drug-likeness (QED) is 0.815. The average molecular weight is 303 g/mol. The van der Waals surface area contributed by atoms with Gasteiger partial charge in [-0.3, -0.25) is 0 Å². The minimum absolute atomic E-state index is 0.183. The molecule has 4 nitrogen and oxygen atoms in total. The number of hydrogen-bond acceptors (Lipinski definition) is 3. The molecule has 0 heterocycles. The van der Waals surface area contributed by atoms with Crippen molar-refractivity contribution in [3.63, 3.8) is 0 Å². The Labute approximate surface area is 125 Å². The zero-order valence-electron chi connectivity index (χ0n) is 12.2. The summed E-state index contributed by atoms with van der Waals surface area (Å²) in [6.45, 7) is 3.56. The third kappa shape index (κ3) is 3.49. The lowest BCUT2D eigenvalue weighted by atomic mass is 10.1. The lowest BCUT2D eigenvalue weighted by Gasteiger charge is -2.08. The van der Waals surface area contributed by atoms with Gasteiger partial charge in [0.1, 0.15) is 5.75 Å². The number of para-hydroxylation sites is 1. The van der Waals surface area contributed by atoms with Crippen molar-refractivity contribution in [2.45, 2.75) is 18.7 Å². The van der Waals surface area contributed by atoms with Gasteiger partial charge in [-0.15, -0.1) is 0 Å². The lowest BCUT2D eigenvalue weighted by Crippen LogP contribution is -2.04. The normalized spacial score (nSPS) is 12.2. The van der Waals surface area contributed by atoms with Crippen molar-refractivity contribution in [3.8, 4) is 5.75 Å². The van der Waals surface area contributed by atoms with Gasteiger partial charge in [-0.25, -0.2) is 0 Å². The second kappa shape index (κ2) is 6.10. The standard InChI is InChI=1S/C16H17NO3S/c1-12-8-10-14(11-9-12)21(18,19)17-13(2)15-6-4-5-7-16(15)20-3/h4-11H,1-3H3/b17-13-. The summed E-state index contributed by atoms with van der Waals surface area (Å²) in [6, 6.07) is 13.8. The average Bonchev–Trinajstić information content (AvgIpc) is 2.47. The van der Waals surface area contributed by atoms with Crippen LogP contribution in [0.3, 0.4) is 0 Å². The Hall–Kier alpha value is -2.14. The minimum atomic E-state index is -3.72. The molecule has 0 unspecified atom stereocenters. The SMILES string of the molecule is COc1ccccc1/C(C)=N\S(=O)(=O)c1ccc(C)cc1. The molecule has 2 rings (SSSR count). The number of hydrogen-bond donors (Lipinski definition) is 0. The van der Waals surface area contributed by atoms with E-state index >= 15 is 0 Å². The summed E-state index contributed by atoms with van der Waals surface area (Å²) in [6.07, 6.45) is 0. The molecule has 0 fully saturated rings. The number of sulfonamides is 1. The molecule has 0 aromatic heterocycles. The summed E-state index contributed by atoms with van der Waals surface area (Å²) < 4.78 is 33.7. The van der Waals surface area contributed by atoms with Crippen LogP contribution in [0, 0.1) is 6.92 Å². The molecule has 0 amide bonds. The van der Waals surface area contributed by atoms with Gasteiger partial charge < -0.3 is 4.74 Å². The van der Waals surface area contributed by atoms with Gasteiger partial charge in [-0.2, -0.15) is 12.8 Å². The first-order valence-corrected chi connectivity index (χ1v) is 7.89. The molecule has 0 radical (unpaired) electrons. The number of benzene rings is 2. The maximum Gasteiger partial charge on any atom is 0.282 e. The van der Waals surface area contributed by atoms with E-state index in [1.54, 1.807) is 50.4 Å². The highest BCUT2D eigenvalue weighted by Gasteiger charge is 2.14. The van der Waals surface area contributed by atoms with Crippen LogP contribution >= 0.6 is 0 Å². The van der Waals surface area contributed by atoms with Crippen molar-refractivity contribution in [2.75, 3.05) is 7.11 Å². The van der Waals surface area contributed by atoms with E-state index in [0.29, 0.717) is 17.0 Å². The molecule has 2 aromatic carbocycles. The van der Waals surface area contributed by atoms with Crippen molar-refractivity contribution in [1.82, 2.24) is 0 Å². The number of aryl methyl sites for hydroxylation is 1. The van der Waals surface area contributed by atoms with Gasteiger partial charge in [0, 0.05) is 5.56 Å². The van der Waals surface area contributed by atoms with Crippen molar-refractivity contribution < 1.29 is 13.2 Å². The molecule has 0 aliphatic heterocycles. The lowest BCUT2D eigenvalue weighted by molar-refractivity contribution is 0.414. The Kier molecular flexibility index (Phi) is 4.43. The first-order chi connectivity index (χ1) is 9.94. The maximum absolute atomic E-state index is 12.3. The summed E-state index contributed by atoms with van der Waals surface area (Å²) in [5.74, 6) is 0.595. The van der Waals surface area contributed by atoms with Gasteiger partial charge in [-0.05, 0) is 38.1 Å². The molecular weight excluding hydrogens is 286 g/mol. The molecule has 0 atom stereocenters. The highest BCUT2D eigenvalue weighted by Crippen LogP contribution is 2.20. The van der Waals surface area contributed by atoms with Crippen LogP contribution in [0.25, 0.3) is 0 Å². The van der Waals surface area contributed by atoms with Crippen molar-refractivity contribution >= 4 is 15.7 Å². The van der Waals surface area contributed by atoms with E-state index in [1.807, 2.05) is 19.1 Å². The van der Waals surface area contributed by atoms with Gasteiger partial charge in [0.15, 0.2) is 0 Å². The van der Waals surface area contributed by atoms with Gasteiger partial charge in [0.25, 0.3) is 10.0 Å². The molecule has 0 N–H and O–H groups in total. The topological polar surface area (TPSA) is 55.7 Å². The molecular formula is C16H17NO3S. The molecule has 21 heavy (non-hydrogen) atoms. The molecule has 0 aliphatic rings. The highest BCUT2D eigenvalue weighted by molar-refractivity contribution is 7.90. The van der Waals surface area contributed by atoms with Gasteiger partial charge in [-0.1, -0.05) is 29.8 Å². The Morgan fingerprint density at radius 3 is 2.29 bits per heavy atom. The van der Waals surface area contributed by atoms with E-state index in [0.717, 1.165) is 5.56 Å².